The number of carbonyl (C=O) groups excluding carboxylic acids is 1. The molecule has 0 radical (unpaired) electrons. The Hall–Kier alpha value is -3.73. The summed E-state index contributed by atoms with van der Waals surface area (Å²) in [5.41, 5.74) is 2.75. The Labute approximate surface area is 210 Å². The Bertz CT molecular complexity index is 1350. The second-order valence-electron chi connectivity index (χ2n) is 9.60. The number of fused-ring (bicyclic) bond motifs is 2. The fourth-order valence-corrected chi connectivity index (χ4v) is 5.14. The zero-order valence-corrected chi connectivity index (χ0v) is 19.7. The molecule has 1 N–H and O–H groups in total. The average molecular weight is 513 g/mol. The van der Waals surface area contributed by atoms with Crippen LogP contribution in [0.2, 0.25) is 0 Å². The summed E-state index contributed by atoms with van der Waals surface area (Å²) in [6.07, 6.45) is -0.0763. The fourth-order valence-electron chi connectivity index (χ4n) is 5.14. The number of ether oxygens (including phenoxy) is 1. The third-order valence-electron chi connectivity index (χ3n) is 7.19. The van der Waals surface area contributed by atoms with E-state index in [-0.39, 0.29) is 22.4 Å². The van der Waals surface area contributed by atoms with E-state index in [1.165, 1.54) is 12.4 Å². The van der Waals surface area contributed by atoms with Crippen LogP contribution >= 0.6 is 0 Å². The molecule has 6 rings (SSSR count). The van der Waals surface area contributed by atoms with Gasteiger partial charge in [-0.05, 0) is 48.7 Å². The Morgan fingerprint density at radius 3 is 2.43 bits per heavy atom. The van der Waals surface area contributed by atoms with Crippen LogP contribution in [-0.2, 0) is 5.41 Å². The predicted molar refractivity (Wildman–Crippen MR) is 127 cm³/mol. The topological polar surface area (TPSA) is 70.6 Å². The summed E-state index contributed by atoms with van der Waals surface area (Å²) < 4.78 is 56.2. The van der Waals surface area contributed by atoms with Crippen molar-refractivity contribution in [2.24, 2.45) is 0 Å². The van der Waals surface area contributed by atoms with Gasteiger partial charge in [0, 0.05) is 72.9 Å². The number of alkyl halides is 3. The first-order valence-electron chi connectivity index (χ1n) is 12.0. The van der Waals surface area contributed by atoms with Gasteiger partial charge in [0.05, 0.1) is 0 Å². The lowest BCUT2D eigenvalue weighted by Gasteiger charge is -2.27. The van der Waals surface area contributed by atoms with Crippen molar-refractivity contribution in [2.45, 2.75) is 24.6 Å². The van der Waals surface area contributed by atoms with Crippen LogP contribution in [0.5, 0.6) is 5.75 Å². The molecule has 7 nitrogen and oxygen atoms in total. The average Bonchev–Trinajstić information content (AvgIpc) is 3.60. The molecule has 3 aromatic rings. The van der Waals surface area contributed by atoms with Gasteiger partial charge in [-0.15, -0.1) is 13.2 Å². The molecule has 0 unspecified atom stereocenters. The monoisotopic (exact) mass is 513 g/mol. The number of carbonyl (C=O) groups is 1. The first-order chi connectivity index (χ1) is 17.7. The van der Waals surface area contributed by atoms with Crippen molar-refractivity contribution in [2.75, 3.05) is 37.6 Å². The Balaban J connectivity index is 1.29. The molecule has 2 aliphatic heterocycles. The maximum absolute atomic E-state index is 14.4. The van der Waals surface area contributed by atoms with Crippen LogP contribution < -0.4 is 15.0 Å². The number of benzene rings is 2. The first kappa shape index (κ1) is 23.7. The SMILES string of the molecule is O=C(c1ccc2c(c1)N(c1ncc(-c3cc(OC(F)(F)F)ccc3F)cn1)CC21CC1)N1CCNCC1. The van der Waals surface area contributed by atoms with E-state index < -0.39 is 17.9 Å². The molecular weight excluding hydrogens is 490 g/mol. The van der Waals surface area contributed by atoms with Crippen molar-refractivity contribution in [3.8, 4) is 16.9 Å². The second-order valence-corrected chi connectivity index (χ2v) is 9.60. The molecule has 1 spiro atoms. The lowest BCUT2D eigenvalue weighted by molar-refractivity contribution is -0.274. The summed E-state index contributed by atoms with van der Waals surface area (Å²) in [5.74, 6) is -0.887. The molecular formula is C26H23F4N5O2. The standard InChI is InChI=1S/C26H23F4N5O2/c27-21-4-2-18(37-26(28,29)30)12-19(21)17-13-32-24(33-14-17)35-15-25(5-6-25)20-3-1-16(11-22(20)35)23(36)34-9-7-31-8-10-34/h1-4,11-14,31H,5-10,15H2. The minimum Gasteiger partial charge on any atom is -0.406 e. The number of hydrogen-bond acceptors (Lipinski definition) is 6. The van der Waals surface area contributed by atoms with Crippen LogP contribution in [0.4, 0.5) is 29.2 Å². The molecule has 11 heteroatoms. The van der Waals surface area contributed by atoms with Crippen molar-refractivity contribution < 1.29 is 27.1 Å². The largest absolute Gasteiger partial charge is 0.573 e. The molecule has 1 aromatic heterocycles. The molecule has 1 saturated carbocycles. The third-order valence-corrected chi connectivity index (χ3v) is 7.19. The van der Waals surface area contributed by atoms with Crippen LogP contribution in [0, 0.1) is 5.82 Å². The molecule has 0 atom stereocenters. The van der Waals surface area contributed by atoms with Gasteiger partial charge in [0.1, 0.15) is 11.6 Å². The minimum atomic E-state index is -4.89. The normalized spacial score (nSPS) is 18.2. The van der Waals surface area contributed by atoms with Gasteiger partial charge >= 0.3 is 6.36 Å². The zero-order valence-electron chi connectivity index (χ0n) is 19.7. The lowest BCUT2D eigenvalue weighted by atomic mass is 9.97. The van der Waals surface area contributed by atoms with E-state index >= 15 is 0 Å². The fraction of sp³-hybridized carbons (Fsp3) is 0.346. The minimum absolute atomic E-state index is 0.00333. The summed E-state index contributed by atoms with van der Waals surface area (Å²) in [7, 11) is 0. The smallest absolute Gasteiger partial charge is 0.406 e. The molecule has 2 fully saturated rings. The number of aromatic nitrogens is 2. The predicted octanol–water partition coefficient (Wildman–Crippen LogP) is 4.41. The third kappa shape index (κ3) is 4.48. The number of hydrogen-bond donors (Lipinski definition) is 1. The highest BCUT2D eigenvalue weighted by atomic mass is 19.4. The lowest BCUT2D eigenvalue weighted by Crippen LogP contribution is -2.46. The first-order valence-corrected chi connectivity index (χ1v) is 12.0. The second kappa shape index (κ2) is 8.69. The number of nitrogens with zero attached hydrogens (tertiary/aromatic N) is 4. The molecule has 0 bridgehead atoms. The van der Waals surface area contributed by atoms with Gasteiger partial charge in [-0.2, -0.15) is 0 Å². The Morgan fingerprint density at radius 1 is 1.03 bits per heavy atom. The summed E-state index contributed by atoms with van der Waals surface area (Å²) in [5, 5.41) is 3.24. The van der Waals surface area contributed by atoms with Crippen LogP contribution in [0.3, 0.4) is 0 Å². The Kier molecular flexibility index (Phi) is 5.55. The van der Waals surface area contributed by atoms with Crippen molar-refractivity contribution in [1.82, 2.24) is 20.2 Å². The van der Waals surface area contributed by atoms with Gasteiger partial charge in [0.25, 0.3) is 5.91 Å². The summed E-state index contributed by atoms with van der Waals surface area (Å²) in [6.45, 7) is 3.49. The number of halogens is 4. The molecule has 3 heterocycles. The molecule has 3 aliphatic rings. The van der Waals surface area contributed by atoms with Gasteiger partial charge in [-0.25, -0.2) is 14.4 Å². The maximum atomic E-state index is 14.4. The quantitative estimate of drug-likeness (QED) is 0.522. The molecule has 1 amide bonds. The van der Waals surface area contributed by atoms with E-state index in [9.17, 15) is 22.4 Å². The summed E-state index contributed by atoms with van der Waals surface area (Å²) in [4.78, 5) is 25.7. The van der Waals surface area contributed by atoms with Crippen molar-refractivity contribution in [1.29, 1.82) is 0 Å². The van der Waals surface area contributed by atoms with E-state index in [0.717, 1.165) is 55.4 Å². The van der Waals surface area contributed by atoms with E-state index in [1.807, 2.05) is 28.0 Å². The van der Waals surface area contributed by atoms with Gasteiger partial charge < -0.3 is 19.9 Å². The van der Waals surface area contributed by atoms with Crippen molar-refractivity contribution >= 4 is 17.5 Å². The van der Waals surface area contributed by atoms with Crippen LogP contribution in [0.1, 0.15) is 28.8 Å². The van der Waals surface area contributed by atoms with Gasteiger partial charge in [-0.1, -0.05) is 6.07 Å². The molecule has 1 saturated heterocycles. The van der Waals surface area contributed by atoms with E-state index in [4.69, 9.17) is 0 Å². The van der Waals surface area contributed by atoms with E-state index in [1.54, 1.807) is 0 Å². The highest BCUT2D eigenvalue weighted by Gasteiger charge is 2.52. The van der Waals surface area contributed by atoms with Gasteiger partial charge in [0.15, 0.2) is 0 Å². The number of nitrogens with one attached hydrogen (secondary N) is 1. The van der Waals surface area contributed by atoms with Crippen molar-refractivity contribution in [3.05, 3.63) is 65.7 Å². The van der Waals surface area contributed by atoms with Crippen LogP contribution in [0.15, 0.2) is 48.8 Å². The van der Waals surface area contributed by atoms with Gasteiger partial charge in [0.2, 0.25) is 5.95 Å². The van der Waals surface area contributed by atoms with E-state index in [2.05, 4.69) is 20.0 Å². The maximum Gasteiger partial charge on any atom is 0.573 e. The van der Waals surface area contributed by atoms with Crippen LogP contribution in [0.25, 0.3) is 11.1 Å². The zero-order chi connectivity index (χ0) is 25.8. The van der Waals surface area contributed by atoms with Crippen LogP contribution in [-0.4, -0.2) is 59.9 Å². The highest BCUT2D eigenvalue weighted by Crippen LogP contribution is 2.57. The number of rotatable bonds is 4. The summed E-state index contributed by atoms with van der Waals surface area (Å²) >= 11 is 0. The number of piperazine rings is 1. The Morgan fingerprint density at radius 2 is 1.76 bits per heavy atom. The van der Waals surface area contributed by atoms with E-state index in [0.29, 0.717) is 31.1 Å². The molecule has 37 heavy (non-hydrogen) atoms. The molecule has 2 aromatic carbocycles. The molecule has 192 valence electrons. The van der Waals surface area contributed by atoms with Gasteiger partial charge in [-0.3, -0.25) is 4.79 Å². The van der Waals surface area contributed by atoms with Crippen molar-refractivity contribution in [3.63, 3.8) is 0 Å². The highest BCUT2D eigenvalue weighted by molar-refractivity contribution is 5.96. The summed E-state index contributed by atoms with van der Waals surface area (Å²) in [6, 6.07) is 8.59. The molecule has 1 aliphatic carbocycles. The number of amides is 1. The number of anilines is 2.